The van der Waals surface area contributed by atoms with Gasteiger partial charge in [-0.15, -0.1) is 12.4 Å². The van der Waals surface area contributed by atoms with Gasteiger partial charge in [-0.25, -0.2) is 0 Å². The Kier molecular flexibility index (Phi) is 7.31. The van der Waals surface area contributed by atoms with Gasteiger partial charge in [-0.2, -0.15) is 0 Å². The van der Waals surface area contributed by atoms with Crippen LogP contribution in [0.25, 0.3) is 0 Å². The average Bonchev–Trinajstić information content (AvgIpc) is 2.55. The fourth-order valence-electron chi connectivity index (χ4n) is 2.19. The van der Waals surface area contributed by atoms with E-state index in [0.29, 0.717) is 38.4 Å². The number of rotatable bonds is 4. The summed E-state index contributed by atoms with van der Waals surface area (Å²) in [5, 5.41) is 0. The van der Waals surface area contributed by atoms with Crippen LogP contribution in [0.2, 0.25) is 0 Å². The molecule has 1 aliphatic rings. The highest BCUT2D eigenvalue weighted by molar-refractivity contribution is 5.96. The summed E-state index contributed by atoms with van der Waals surface area (Å²) < 4.78 is 5.21. The van der Waals surface area contributed by atoms with Gasteiger partial charge < -0.3 is 20.3 Å². The predicted octanol–water partition coefficient (Wildman–Crippen LogP) is 0.498. The minimum Gasteiger partial charge on any atom is -0.378 e. The fourth-order valence-corrected chi connectivity index (χ4v) is 2.19. The molecule has 0 saturated carbocycles. The van der Waals surface area contributed by atoms with Gasteiger partial charge in [0, 0.05) is 32.2 Å². The zero-order chi connectivity index (χ0) is 15.2. The molecule has 0 unspecified atom stereocenters. The van der Waals surface area contributed by atoms with Crippen LogP contribution >= 0.6 is 12.4 Å². The molecule has 1 aromatic carbocycles. The third-order valence-electron chi connectivity index (χ3n) is 3.52. The topological polar surface area (TPSA) is 75.9 Å². The summed E-state index contributed by atoms with van der Waals surface area (Å²) in [5.41, 5.74) is 7.06. The van der Waals surface area contributed by atoms with Gasteiger partial charge >= 0.3 is 0 Å². The monoisotopic (exact) mass is 327 g/mol. The van der Waals surface area contributed by atoms with Gasteiger partial charge in [0.15, 0.2) is 0 Å². The summed E-state index contributed by atoms with van der Waals surface area (Å²) >= 11 is 0. The molecular weight excluding hydrogens is 306 g/mol. The third kappa shape index (κ3) is 4.69. The number of carbonyl (C=O) groups is 2. The van der Waals surface area contributed by atoms with Gasteiger partial charge in [-0.05, 0) is 17.7 Å². The zero-order valence-electron chi connectivity index (χ0n) is 12.7. The first-order chi connectivity index (χ1) is 10.1. The van der Waals surface area contributed by atoms with Crippen LogP contribution in [-0.4, -0.2) is 61.5 Å². The molecule has 1 aromatic rings. The van der Waals surface area contributed by atoms with Crippen LogP contribution in [0, 0.1) is 0 Å². The summed E-state index contributed by atoms with van der Waals surface area (Å²) in [6.07, 6.45) is 0. The van der Waals surface area contributed by atoms with Crippen molar-refractivity contribution in [2.45, 2.75) is 6.54 Å². The molecule has 1 saturated heterocycles. The molecule has 0 spiro atoms. The lowest BCUT2D eigenvalue weighted by Crippen LogP contribution is -2.46. The Hall–Kier alpha value is -1.63. The summed E-state index contributed by atoms with van der Waals surface area (Å²) in [6, 6.07) is 7.12. The van der Waals surface area contributed by atoms with Crippen LogP contribution in [0.3, 0.4) is 0 Å². The highest BCUT2D eigenvalue weighted by Crippen LogP contribution is 2.07. The van der Waals surface area contributed by atoms with E-state index >= 15 is 0 Å². The van der Waals surface area contributed by atoms with E-state index in [0.717, 1.165) is 5.56 Å². The Bertz CT molecular complexity index is 501. The van der Waals surface area contributed by atoms with Gasteiger partial charge in [-0.3, -0.25) is 9.59 Å². The van der Waals surface area contributed by atoms with Crippen molar-refractivity contribution < 1.29 is 14.3 Å². The Morgan fingerprint density at radius 3 is 2.36 bits per heavy atom. The summed E-state index contributed by atoms with van der Waals surface area (Å²) in [6.45, 7) is 2.82. The molecule has 0 aliphatic carbocycles. The minimum absolute atomic E-state index is 0. The lowest BCUT2D eigenvalue weighted by Gasteiger charge is -2.28. The number of amides is 2. The summed E-state index contributed by atoms with van der Waals surface area (Å²) in [4.78, 5) is 27.5. The van der Waals surface area contributed by atoms with Gasteiger partial charge in [-0.1, -0.05) is 12.1 Å². The molecule has 2 rings (SSSR count). The molecule has 7 heteroatoms. The number of halogens is 1. The molecule has 0 atom stereocenters. The maximum absolute atomic E-state index is 12.3. The van der Waals surface area contributed by atoms with Crippen molar-refractivity contribution in [3.8, 4) is 0 Å². The van der Waals surface area contributed by atoms with Crippen LogP contribution in [0.1, 0.15) is 15.9 Å². The van der Waals surface area contributed by atoms with Gasteiger partial charge in [0.2, 0.25) is 5.91 Å². The van der Waals surface area contributed by atoms with E-state index in [4.69, 9.17) is 10.5 Å². The van der Waals surface area contributed by atoms with E-state index in [2.05, 4.69) is 0 Å². The molecule has 22 heavy (non-hydrogen) atoms. The van der Waals surface area contributed by atoms with Gasteiger partial charge in [0.25, 0.3) is 5.91 Å². The predicted molar refractivity (Wildman–Crippen MR) is 85.9 cm³/mol. The van der Waals surface area contributed by atoms with Crippen LogP contribution in [0.15, 0.2) is 24.3 Å². The van der Waals surface area contributed by atoms with E-state index in [9.17, 15) is 9.59 Å². The second-order valence-electron chi connectivity index (χ2n) is 5.06. The maximum atomic E-state index is 12.3. The number of nitrogens with two attached hydrogens (primary N) is 1. The zero-order valence-corrected chi connectivity index (χ0v) is 13.5. The Morgan fingerprint density at radius 1 is 1.23 bits per heavy atom. The van der Waals surface area contributed by atoms with Gasteiger partial charge in [0.1, 0.15) is 0 Å². The highest BCUT2D eigenvalue weighted by atomic mass is 35.5. The Morgan fingerprint density at radius 2 is 1.82 bits per heavy atom. The number of ether oxygens (including phenoxy) is 1. The SMILES string of the molecule is CN(CC(=O)N1CCOCC1)C(=O)c1ccc(CN)cc1.Cl. The van der Waals surface area contributed by atoms with Crippen LogP contribution in [-0.2, 0) is 16.1 Å². The normalized spacial score (nSPS) is 14.2. The molecule has 2 amide bonds. The van der Waals surface area contributed by atoms with Crippen molar-refractivity contribution in [2.24, 2.45) is 5.73 Å². The van der Waals surface area contributed by atoms with Crippen LogP contribution < -0.4 is 5.73 Å². The first-order valence-corrected chi connectivity index (χ1v) is 7.02. The molecule has 1 aliphatic heterocycles. The van der Waals surface area contributed by atoms with E-state index in [1.807, 2.05) is 12.1 Å². The number of carbonyl (C=O) groups excluding carboxylic acids is 2. The van der Waals surface area contributed by atoms with Crippen molar-refractivity contribution in [1.29, 1.82) is 0 Å². The second kappa shape index (κ2) is 8.73. The smallest absolute Gasteiger partial charge is 0.254 e. The molecule has 1 fully saturated rings. The molecule has 1 heterocycles. The van der Waals surface area contributed by atoms with E-state index in [1.165, 1.54) is 4.90 Å². The molecule has 2 N–H and O–H groups in total. The van der Waals surface area contributed by atoms with E-state index in [1.54, 1.807) is 24.1 Å². The third-order valence-corrected chi connectivity index (χ3v) is 3.52. The lowest BCUT2D eigenvalue weighted by molar-refractivity contribution is -0.135. The number of hydrogen-bond acceptors (Lipinski definition) is 4. The largest absolute Gasteiger partial charge is 0.378 e. The molecule has 0 aromatic heterocycles. The number of morpholine rings is 1. The summed E-state index contributed by atoms with van der Waals surface area (Å²) in [5.74, 6) is -0.215. The average molecular weight is 328 g/mol. The first-order valence-electron chi connectivity index (χ1n) is 7.02. The number of likely N-dealkylation sites (N-methyl/N-ethyl adjacent to an activating group) is 1. The maximum Gasteiger partial charge on any atom is 0.254 e. The van der Waals surface area contributed by atoms with Crippen molar-refractivity contribution >= 4 is 24.2 Å². The quantitative estimate of drug-likeness (QED) is 0.873. The molecule has 0 radical (unpaired) electrons. The summed E-state index contributed by atoms with van der Waals surface area (Å²) in [7, 11) is 1.64. The standard InChI is InChI=1S/C15H21N3O3.ClH/c1-17(11-14(19)18-6-8-21-9-7-18)15(20)13-4-2-12(10-16)3-5-13;/h2-5H,6-11,16H2,1H3;1H. The minimum atomic E-state index is -0.166. The number of benzene rings is 1. The lowest BCUT2D eigenvalue weighted by atomic mass is 10.1. The fraction of sp³-hybridized carbons (Fsp3) is 0.467. The Labute approximate surface area is 136 Å². The van der Waals surface area contributed by atoms with E-state index in [-0.39, 0.29) is 30.8 Å². The molecule has 6 nitrogen and oxygen atoms in total. The van der Waals surface area contributed by atoms with Crippen molar-refractivity contribution in [1.82, 2.24) is 9.80 Å². The van der Waals surface area contributed by atoms with Crippen molar-refractivity contribution in [2.75, 3.05) is 39.9 Å². The first kappa shape index (κ1) is 18.4. The number of nitrogens with zero attached hydrogens (tertiary/aromatic N) is 2. The van der Waals surface area contributed by atoms with Crippen molar-refractivity contribution in [3.63, 3.8) is 0 Å². The van der Waals surface area contributed by atoms with Gasteiger partial charge in [0.05, 0.1) is 19.8 Å². The Balaban J connectivity index is 0.00000242. The van der Waals surface area contributed by atoms with Crippen LogP contribution in [0.4, 0.5) is 0 Å². The van der Waals surface area contributed by atoms with Crippen LogP contribution in [0.5, 0.6) is 0 Å². The number of hydrogen-bond donors (Lipinski definition) is 1. The van der Waals surface area contributed by atoms with E-state index < -0.39 is 0 Å². The van der Waals surface area contributed by atoms with Crippen molar-refractivity contribution in [3.05, 3.63) is 35.4 Å². The molecule has 122 valence electrons. The molecular formula is C15H22ClN3O3. The second-order valence-corrected chi connectivity index (χ2v) is 5.06. The molecule has 0 bridgehead atoms. The highest BCUT2D eigenvalue weighted by Gasteiger charge is 2.21.